The largest absolute Gasteiger partial charge is 0.319 e. The van der Waals surface area contributed by atoms with Crippen LogP contribution < -0.4 is 5.32 Å². The van der Waals surface area contributed by atoms with Crippen molar-refractivity contribution in [1.29, 1.82) is 0 Å². The Bertz CT molecular complexity index is 151. The Kier molecular flexibility index (Phi) is 7.20. The Morgan fingerprint density at radius 3 is 2.07 bits per heavy atom. The van der Waals surface area contributed by atoms with Crippen LogP contribution in [0.5, 0.6) is 0 Å². The molecule has 2 heteroatoms. The molecule has 0 fully saturated rings. The first-order valence-corrected chi connectivity index (χ1v) is 6.32. The van der Waals surface area contributed by atoms with Crippen LogP contribution in [0.2, 0.25) is 0 Å². The monoisotopic (exact) mass is 214 g/mol. The zero-order chi connectivity index (χ0) is 11.9. The predicted molar refractivity (Wildman–Crippen MR) is 69.3 cm³/mol. The van der Waals surface area contributed by atoms with Gasteiger partial charge in [-0.2, -0.15) is 0 Å². The predicted octanol–water partition coefficient (Wildman–Crippen LogP) is 2.60. The molecule has 0 saturated heterocycles. The average molecular weight is 214 g/mol. The molecule has 2 nitrogen and oxygen atoms in total. The molecule has 0 aromatic rings. The highest BCUT2D eigenvalue weighted by Gasteiger charge is 2.26. The van der Waals surface area contributed by atoms with Gasteiger partial charge in [0.1, 0.15) is 0 Å². The first-order valence-electron chi connectivity index (χ1n) is 6.32. The van der Waals surface area contributed by atoms with E-state index in [1.54, 1.807) is 0 Å². The number of nitrogens with zero attached hydrogens (tertiary/aromatic N) is 1. The van der Waals surface area contributed by atoms with Crippen molar-refractivity contribution in [3.8, 4) is 0 Å². The molecule has 0 amide bonds. The molecule has 1 N–H and O–H groups in total. The van der Waals surface area contributed by atoms with E-state index in [1.165, 1.54) is 25.9 Å². The summed E-state index contributed by atoms with van der Waals surface area (Å²) >= 11 is 0. The van der Waals surface area contributed by atoms with Crippen LogP contribution in [0.4, 0.5) is 0 Å². The van der Waals surface area contributed by atoms with Gasteiger partial charge in [0.25, 0.3) is 0 Å². The Balaban J connectivity index is 4.25. The van der Waals surface area contributed by atoms with Crippen molar-refractivity contribution < 1.29 is 0 Å². The van der Waals surface area contributed by atoms with Crippen LogP contribution in [0.15, 0.2) is 0 Å². The molecule has 0 aromatic carbocycles. The maximum atomic E-state index is 3.34. The summed E-state index contributed by atoms with van der Waals surface area (Å²) in [5.41, 5.74) is 0.457. The first-order chi connectivity index (χ1) is 6.99. The molecule has 0 aromatic heterocycles. The molecular weight excluding hydrogens is 184 g/mol. The number of hydrogen-bond acceptors (Lipinski definition) is 2. The Labute approximate surface area is 96.4 Å². The van der Waals surface area contributed by atoms with E-state index in [1.807, 2.05) is 0 Å². The van der Waals surface area contributed by atoms with Gasteiger partial charge in [-0.3, -0.25) is 0 Å². The fourth-order valence-corrected chi connectivity index (χ4v) is 2.41. The molecule has 0 unspecified atom stereocenters. The third kappa shape index (κ3) is 5.53. The summed E-state index contributed by atoms with van der Waals surface area (Å²) in [6.07, 6.45) is 2.51. The molecule has 0 saturated carbocycles. The van der Waals surface area contributed by atoms with E-state index in [9.17, 15) is 0 Å². The Morgan fingerprint density at radius 2 is 1.73 bits per heavy atom. The second-order valence-corrected chi connectivity index (χ2v) is 5.33. The molecule has 0 aliphatic rings. The van der Waals surface area contributed by atoms with Crippen LogP contribution >= 0.6 is 0 Å². The molecule has 0 radical (unpaired) electrons. The molecule has 0 atom stereocenters. The van der Waals surface area contributed by atoms with E-state index in [0.717, 1.165) is 12.5 Å². The SMILES string of the molecule is CCC(CC)(CNC)CN(C)CC(C)C. The summed E-state index contributed by atoms with van der Waals surface area (Å²) in [6, 6.07) is 0. The molecule has 92 valence electrons. The van der Waals surface area contributed by atoms with Crippen LogP contribution in [0, 0.1) is 11.3 Å². The van der Waals surface area contributed by atoms with E-state index in [0.29, 0.717) is 5.41 Å². The van der Waals surface area contributed by atoms with Crippen LogP contribution in [0.3, 0.4) is 0 Å². The van der Waals surface area contributed by atoms with Gasteiger partial charge in [-0.1, -0.05) is 27.7 Å². The number of nitrogens with one attached hydrogen (secondary N) is 1. The lowest BCUT2D eigenvalue weighted by Crippen LogP contribution is -2.42. The standard InChI is InChI=1S/C13H30N2/c1-7-13(8-2,10-14-5)11-15(6)9-12(3)4/h12,14H,7-11H2,1-6H3. The number of hydrogen-bond donors (Lipinski definition) is 1. The van der Waals surface area contributed by atoms with Gasteiger partial charge in [0.05, 0.1) is 0 Å². The molecular formula is C13H30N2. The van der Waals surface area contributed by atoms with E-state index in [4.69, 9.17) is 0 Å². The topological polar surface area (TPSA) is 15.3 Å². The first kappa shape index (κ1) is 14.9. The smallest absolute Gasteiger partial charge is 0.00470 e. The highest BCUT2D eigenvalue weighted by atomic mass is 15.1. The second kappa shape index (κ2) is 7.24. The normalized spacial score (nSPS) is 12.8. The van der Waals surface area contributed by atoms with Crippen molar-refractivity contribution in [1.82, 2.24) is 10.2 Å². The summed E-state index contributed by atoms with van der Waals surface area (Å²) < 4.78 is 0. The van der Waals surface area contributed by atoms with Gasteiger partial charge in [0.15, 0.2) is 0 Å². The Hall–Kier alpha value is -0.0800. The van der Waals surface area contributed by atoms with Gasteiger partial charge in [0.2, 0.25) is 0 Å². The highest BCUT2D eigenvalue weighted by Crippen LogP contribution is 2.26. The maximum absolute atomic E-state index is 3.34. The summed E-state index contributed by atoms with van der Waals surface area (Å²) in [6.45, 7) is 12.7. The van der Waals surface area contributed by atoms with Gasteiger partial charge >= 0.3 is 0 Å². The van der Waals surface area contributed by atoms with E-state index in [2.05, 4.69) is 52.0 Å². The van der Waals surface area contributed by atoms with Crippen molar-refractivity contribution in [3.05, 3.63) is 0 Å². The third-order valence-electron chi connectivity index (χ3n) is 3.33. The van der Waals surface area contributed by atoms with Crippen LogP contribution in [-0.4, -0.2) is 38.6 Å². The average Bonchev–Trinajstić information content (AvgIpc) is 2.15. The van der Waals surface area contributed by atoms with Gasteiger partial charge < -0.3 is 10.2 Å². The van der Waals surface area contributed by atoms with Crippen LogP contribution in [-0.2, 0) is 0 Å². The van der Waals surface area contributed by atoms with E-state index >= 15 is 0 Å². The minimum atomic E-state index is 0.457. The minimum absolute atomic E-state index is 0.457. The minimum Gasteiger partial charge on any atom is -0.319 e. The lowest BCUT2D eigenvalue weighted by Gasteiger charge is -2.36. The molecule has 0 aliphatic carbocycles. The van der Waals surface area contributed by atoms with E-state index < -0.39 is 0 Å². The summed E-state index contributed by atoms with van der Waals surface area (Å²) in [5.74, 6) is 0.760. The van der Waals surface area contributed by atoms with Gasteiger partial charge in [0, 0.05) is 19.6 Å². The molecule has 0 rings (SSSR count). The summed E-state index contributed by atoms with van der Waals surface area (Å²) in [4.78, 5) is 2.48. The maximum Gasteiger partial charge on any atom is 0.00470 e. The Morgan fingerprint density at radius 1 is 1.20 bits per heavy atom. The lowest BCUT2D eigenvalue weighted by molar-refractivity contribution is 0.148. The lowest BCUT2D eigenvalue weighted by atomic mass is 9.81. The number of rotatable bonds is 8. The van der Waals surface area contributed by atoms with Crippen LogP contribution in [0.1, 0.15) is 40.5 Å². The quantitative estimate of drug-likeness (QED) is 0.668. The fraction of sp³-hybridized carbons (Fsp3) is 1.00. The summed E-state index contributed by atoms with van der Waals surface area (Å²) in [5, 5.41) is 3.34. The van der Waals surface area contributed by atoms with Crippen molar-refractivity contribution in [3.63, 3.8) is 0 Å². The molecule has 0 heterocycles. The van der Waals surface area contributed by atoms with Gasteiger partial charge in [-0.05, 0) is 38.3 Å². The highest BCUT2D eigenvalue weighted by molar-refractivity contribution is 4.81. The molecule has 0 bridgehead atoms. The molecule has 0 spiro atoms. The van der Waals surface area contributed by atoms with Gasteiger partial charge in [-0.15, -0.1) is 0 Å². The summed E-state index contributed by atoms with van der Waals surface area (Å²) in [7, 11) is 4.30. The van der Waals surface area contributed by atoms with Crippen molar-refractivity contribution in [2.75, 3.05) is 33.7 Å². The molecule has 15 heavy (non-hydrogen) atoms. The molecule has 0 aliphatic heterocycles. The van der Waals surface area contributed by atoms with Crippen molar-refractivity contribution in [2.24, 2.45) is 11.3 Å². The zero-order valence-electron chi connectivity index (χ0n) is 11.6. The fourth-order valence-electron chi connectivity index (χ4n) is 2.41. The third-order valence-corrected chi connectivity index (χ3v) is 3.33. The van der Waals surface area contributed by atoms with Crippen LogP contribution in [0.25, 0.3) is 0 Å². The van der Waals surface area contributed by atoms with Crippen molar-refractivity contribution in [2.45, 2.75) is 40.5 Å². The van der Waals surface area contributed by atoms with E-state index in [-0.39, 0.29) is 0 Å². The zero-order valence-corrected chi connectivity index (χ0v) is 11.6. The second-order valence-electron chi connectivity index (χ2n) is 5.33. The van der Waals surface area contributed by atoms with Crippen molar-refractivity contribution >= 4 is 0 Å². The van der Waals surface area contributed by atoms with Gasteiger partial charge in [-0.25, -0.2) is 0 Å².